The Morgan fingerprint density at radius 1 is 1.35 bits per heavy atom. The molecule has 0 bridgehead atoms. The minimum Gasteiger partial charge on any atom is -0.377 e. The van der Waals surface area contributed by atoms with Crippen molar-refractivity contribution in [2.45, 2.75) is 57.7 Å². The van der Waals surface area contributed by atoms with Crippen molar-refractivity contribution < 1.29 is 4.74 Å². The Morgan fingerprint density at radius 2 is 2.12 bits per heavy atom. The highest BCUT2D eigenvalue weighted by Crippen LogP contribution is 2.39. The number of hydrogen-bond acceptors (Lipinski definition) is 3. The predicted molar refractivity (Wildman–Crippen MR) is 71.3 cm³/mol. The molecule has 1 aliphatic carbocycles. The first kappa shape index (κ1) is 13.3. The molecule has 0 amide bonds. The van der Waals surface area contributed by atoms with Gasteiger partial charge >= 0.3 is 0 Å². The molecule has 2 rings (SSSR count). The minimum absolute atomic E-state index is 0.421. The topological polar surface area (TPSA) is 24.5 Å². The van der Waals surface area contributed by atoms with Crippen molar-refractivity contribution in [3.63, 3.8) is 0 Å². The number of rotatable bonds is 4. The molecule has 1 heterocycles. The van der Waals surface area contributed by atoms with Gasteiger partial charge in [-0.25, -0.2) is 0 Å². The molecule has 3 atom stereocenters. The summed E-state index contributed by atoms with van der Waals surface area (Å²) in [7, 11) is 4.36. The Balaban J connectivity index is 1.92. The van der Waals surface area contributed by atoms with E-state index in [4.69, 9.17) is 4.74 Å². The summed E-state index contributed by atoms with van der Waals surface area (Å²) in [6, 6.07) is 1.27. The minimum atomic E-state index is 0.421. The third kappa shape index (κ3) is 2.83. The van der Waals surface area contributed by atoms with Crippen LogP contribution in [0.4, 0.5) is 0 Å². The van der Waals surface area contributed by atoms with Crippen LogP contribution < -0.4 is 5.32 Å². The zero-order valence-electron chi connectivity index (χ0n) is 11.8. The first-order valence-electron chi connectivity index (χ1n) is 7.03. The molecule has 0 spiro atoms. The summed E-state index contributed by atoms with van der Waals surface area (Å²) >= 11 is 0. The van der Waals surface area contributed by atoms with Crippen molar-refractivity contribution in [2.24, 2.45) is 5.41 Å². The lowest BCUT2D eigenvalue weighted by atomic mass is 9.86. The van der Waals surface area contributed by atoms with Gasteiger partial charge in [-0.3, -0.25) is 4.90 Å². The van der Waals surface area contributed by atoms with Gasteiger partial charge in [0.1, 0.15) is 0 Å². The van der Waals surface area contributed by atoms with Crippen LogP contribution in [0.5, 0.6) is 0 Å². The fourth-order valence-corrected chi connectivity index (χ4v) is 3.67. The maximum absolute atomic E-state index is 5.74. The van der Waals surface area contributed by atoms with E-state index in [1.807, 2.05) is 0 Å². The van der Waals surface area contributed by atoms with Gasteiger partial charge in [-0.05, 0) is 45.2 Å². The highest BCUT2D eigenvalue weighted by atomic mass is 16.5. The molecule has 2 fully saturated rings. The molecule has 1 saturated heterocycles. The fraction of sp³-hybridized carbons (Fsp3) is 1.00. The summed E-state index contributed by atoms with van der Waals surface area (Å²) in [4.78, 5) is 2.52. The second-order valence-electron chi connectivity index (χ2n) is 6.44. The molecule has 100 valence electrons. The SMILES string of the molecule is CNC1C(N(C)CC2CCCO2)CCC1(C)C. The molecular weight excluding hydrogens is 212 g/mol. The van der Waals surface area contributed by atoms with E-state index in [0.717, 1.165) is 13.2 Å². The monoisotopic (exact) mass is 240 g/mol. The standard InChI is InChI=1S/C14H28N2O/c1-14(2)8-7-12(13(14)15-3)16(4)10-11-6-5-9-17-11/h11-13,15H,5-10H2,1-4H3. The molecule has 1 N–H and O–H groups in total. The third-order valence-corrected chi connectivity index (χ3v) is 4.70. The van der Waals surface area contributed by atoms with E-state index in [0.29, 0.717) is 23.6 Å². The molecule has 0 aromatic rings. The smallest absolute Gasteiger partial charge is 0.0702 e. The summed E-state index contributed by atoms with van der Waals surface area (Å²) in [5, 5.41) is 3.53. The summed E-state index contributed by atoms with van der Waals surface area (Å²) in [5.41, 5.74) is 0.421. The van der Waals surface area contributed by atoms with E-state index in [1.54, 1.807) is 0 Å². The van der Waals surface area contributed by atoms with Crippen molar-refractivity contribution in [3.05, 3.63) is 0 Å². The largest absolute Gasteiger partial charge is 0.377 e. The normalized spacial score (nSPS) is 36.9. The maximum atomic E-state index is 5.74. The predicted octanol–water partition coefficient (Wildman–Crippen LogP) is 1.87. The summed E-state index contributed by atoms with van der Waals surface area (Å²) in [6.07, 6.45) is 5.58. The lowest BCUT2D eigenvalue weighted by Crippen LogP contribution is -2.50. The van der Waals surface area contributed by atoms with E-state index in [2.05, 4.69) is 38.2 Å². The second kappa shape index (κ2) is 5.25. The molecule has 3 nitrogen and oxygen atoms in total. The Labute approximate surface area is 106 Å². The molecular formula is C14H28N2O. The van der Waals surface area contributed by atoms with Crippen molar-refractivity contribution in [1.29, 1.82) is 0 Å². The average Bonchev–Trinajstić information content (AvgIpc) is 2.85. The van der Waals surface area contributed by atoms with E-state index in [9.17, 15) is 0 Å². The van der Waals surface area contributed by atoms with Gasteiger partial charge in [0.15, 0.2) is 0 Å². The number of likely N-dealkylation sites (N-methyl/N-ethyl adjacent to an activating group) is 2. The van der Waals surface area contributed by atoms with E-state index < -0.39 is 0 Å². The Bertz CT molecular complexity index is 249. The van der Waals surface area contributed by atoms with E-state index in [-0.39, 0.29) is 0 Å². The van der Waals surface area contributed by atoms with Crippen LogP contribution in [0.25, 0.3) is 0 Å². The summed E-state index contributed by atoms with van der Waals surface area (Å²) in [6.45, 7) is 6.82. The third-order valence-electron chi connectivity index (χ3n) is 4.70. The lowest BCUT2D eigenvalue weighted by molar-refractivity contribution is 0.0608. The van der Waals surface area contributed by atoms with Gasteiger partial charge in [-0.2, -0.15) is 0 Å². The van der Waals surface area contributed by atoms with Crippen LogP contribution in [0, 0.1) is 5.41 Å². The molecule has 1 saturated carbocycles. The number of hydrogen-bond donors (Lipinski definition) is 1. The van der Waals surface area contributed by atoms with Crippen LogP contribution in [0.3, 0.4) is 0 Å². The number of nitrogens with zero attached hydrogens (tertiary/aromatic N) is 1. The number of ether oxygens (including phenoxy) is 1. The molecule has 2 aliphatic rings. The van der Waals surface area contributed by atoms with Crippen LogP contribution in [0.2, 0.25) is 0 Å². The van der Waals surface area contributed by atoms with Crippen LogP contribution in [0.1, 0.15) is 39.5 Å². The van der Waals surface area contributed by atoms with Crippen molar-refractivity contribution >= 4 is 0 Å². The Morgan fingerprint density at radius 3 is 2.71 bits per heavy atom. The quantitative estimate of drug-likeness (QED) is 0.812. The molecule has 0 aromatic heterocycles. The summed E-state index contributed by atoms with van der Waals surface area (Å²) < 4.78 is 5.74. The Kier molecular flexibility index (Phi) is 4.11. The highest BCUT2D eigenvalue weighted by Gasteiger charge is 2.42. The van der Waals surface area contributed by atoms with Gasteiger partial charge in [0.25, 0.3) is 0 Å². The molecule has 0 radical (unpaired) electrons. The molecule has 1 aliphatic heterocycles. The molecule has 17 heavy (non-hydrogen) atoms. The van der Waals surface area contributed by atoms with Crippen molar-refractivity contribution in [3.8, 4) is 0 Å². The zero-order valence-corrected chi connectivity index (χ0v) is 11.8. The van der Waals surface area contributed by atoms with Gasteiger partial charge in [-0.1, -0.05) is 13.8 Å². The second-order valence-corrected chi connectivity index (χ2v) is 6.44. The van der Waals surface area contributed by atoms with Gasteiger partial charge in [0.2, 0.25) is 0 Å². The van der Waals surface area contributed by atoms with Crippen LogP contribution in [-0.4, -0.2) is 50.3 Å². The van der Waals surface area contributed by atoms with Gasteiger partial charge < -0.3 is 10.1 Å². The first-order valence-corrected chi connectivity index (χ1v) is 7.03. The molecule has 3 unspecified atom stereocenters. The van der Waals surface area contributed by atoms with E-state index in [1.165, 1.54) is 25.7 Å². The fourth-order valence-electron chi connectivity index (χ4n) is 3.67. The number of nitrogens with one attached hydrogen (secondary N) is 1. The van der Waals surface area contributed by atoms with Crippen LogP contribution in [-0.2, 0) is 4.74 Å². The molecule has 3 heteroatoms. The maximum Gasteiger partial charge on any atom is 0.0702 e. The van der Waals surface area contributed by atoms with Gasteiger partial charge in [0, 0.05) is 25.2 Å². The first-order chi connectivity index (χ1) is 8.04. The van der Waals surface area contributed by atoms with Crippen molar-refractivity contribution in [2.75, 3.05) is 27.2 Å². The van der Waals surface area contributed by atoms with Gasteiger partial charge in [-0.15, -0.1) is 0 Å². The van der Waals surface area contributed by atoms with Crippen LogP contribution in [0.15, 0.2) is 0 Å². The van der Waals surface area contributed by atoms with Gasteiger partial charge in [0.05, 0.1) is 6.10 Å². The lowest BCUT2D eigenvalue weighted by Gasteiger charge is -2.36. The average molecular weight is 240 g/mol. The van der Waals surface area contributed by atoms with Crippen molar-refractivity contribution in [1.82, 2.24) is 10.2 Å². The Hall–Kier alpha value is -0.120. The molecule has 0 aromatic carbocycles. The zero-order chi connectivity index (χ0) is 12.5. The summed E-state index contributed by atoms with van der Waals surface area (Å²) in [5.74, 6) is 0. The van der Waals surface area contributed by atoms with E-state index >= 15 is 0 Å². The highest BCUT2D eigenvalue weighted by molar-refractivity contribution is 5.00. The van der Waals surface area contributed by atoms with Crippen LogP contribution >= 0.6 is 0 Å².